The van der Waals surface area contributed by atoms with E-state index >= 15 is 0 Å². The molecule has 0 saturated carbocycles. The second-order valence-corrected chi connectivity index (χ2v) is 10.5. The Bertz CT molecular complexity index is 698. The van der Waals surface area contributed by atoms with Crippen LogP contribution in [-0.2, 0) is 5.41 Å². The van der Waals surface area contributed by atoms with Crippen LogP contribution >= 0.6 is 15.9 Å². The maximum atomic E-state index is 6.61. The molecule has 0 saturated heterocycles. The predicted molar refractivity (Wildman–Crippen MR) is 115 cm³/mol. The Balaban J connectivity index is 1.99. The molecular weight excluding hydrogens is 384 g/mol. The molecule has 1 aromatic carbocycles. The Hall–Kier alpha value is -0.760. The lowest BCUT2D eigenvalue weighted by molar-refractivity contribution is 0.00805. The molecule has 0 spiro atoms. The van der Waals surface area contributed by atoms with E-state index in [0.29, 0.717) is 11.8 Å². The van der Waals surface area contributed by atoms with Gasteiger partial charge in [-0.25, -0.2) is 0 Å². The highest BCUT2D eigenvalue weighted by molar-refractivity contribution is 9.10. The van der Waals surface area contributed by atoms with Gasteiger partial charge in [-0.2, -0.15) is 0 Å². The first-order chi connectivity index (χ1) is 12.2. The summed E-state index contributed by atoms with van der Waals surface area (Å²) in [5.41, 5.74) is 4.39. The Labute approximate surface area is 168 Å². The van der Waals surface area contributed by atoms with Gasteiger partial charge in [-0.05, 0) is 69.1 Å². The minimum Gasteiger partial charge on any atom is -0.487 e. The molecule has 2 aliphatic rings. The molecule has 1 aliphatic heterocycles. The van der Waals surface area contributed by atoms with Crippen LogP contribution in [0.25, 0.3) is 0 Å². The van der Waals surface area contributed by atoms with Crippen molar-refractivity contribution in [1.29, 1.82) is 0 Å². The van der Waals surface area contributed by atoms with E-state index in [4.69, 9.17) is 4.74 Å². The first kappa shape index (κ1) is 20.0. The van der Waals surface area contributed by atoms with Crippen LogP contribution in [0.2, 0.25) is 0 Å². The normalized spacial score (nSPS) is 24.3. The van der Waals surface area contributed by atoms with Crippen LogP contribution in [0.1, 0.15) is 97.1 Å². The molecule has 2 heteroatoms. The Morgan fingerprint density at radius 2 is 1.96 bits per heavy atom. The number of rotatable bonds is 5. The smallest absolute Gasteiger partial charge is 0.125 e. The van der Waals surface area contributed by atoms with Crippen LogP contribution in [-0.4, -0.2) is 5.60 Å². The molecule has 144 valence electrons. The van der Waals surface area contributed by atoms with Gasteiger partial charge in [0.05, 0.1) is 0 Å². The molecule has 0 aromatic heterocycles. The summed E-state index contributed by atoms with van der Waals surface area (Å²) in [4.78, 5) is 0. The molecule has 3 rings (SSSR count). The van der Waals surface area contributed by atoms with Gasteiger partial charge in [-0.15, -0.1) is 0 Å². The minimum atomic E-state index is -0.112. The lowest BCUT2D eigenvalue weighted by atomic mass is 9.67. The lowest BCUT2D eigenvalue weighted by Crippen LogP contribution is -2.45. The van der Waals surface area contributed by atoms with Crippen LogP contribution < -0.4 is 4.74 Å². The molecule has 2 atom stereocenters. The largest absolute Gasteiger partial charge is 0.487 e. The van der Waals surface area contributed by atoms with E-state index in [2.05, 4.69) is 75.7 Å². The summed E-state index contributed by atoms with van der Waals surface area (Å²) in [7, 11) is 0. The van der Waals surface area contributed by atoms with Gasteiger partial charge < -0.3 is 4.74 Å². The maximum Gasteiger partial charge on any atom is 0.125 e. The second-order valence-electron chi connectivity index (χ2n) is 9.62. The molecule has 0 radical (unpaired) electrons. The summed E-state index contributed by atoms with van der Waals surface area (Å²) in [5, 5.41) is 0. The number of hydrogen-bond donors (Lipinski definition) is 0. The van der Waals surface area contributed by atoms with Crippen LogP contribution in [0.15, 0.2) is 28.3 Å². The van der Waals surface area contributed by atoms with Crippen molar-refractivity contribution in [3.8, 4) is 5.75 Å². The highest BCUT2D eigenvalue weighted by Crippen LogP contribution is 2.54. The summed E-state index contributed by atoms with van der Waals surface area (Å²) < 4.78 is 7.85. The van der Waals surface area contributed by atoms with Crippen molar-refractivity contribution in [2.45, 2.75) is 97.0 Å². The topological polar surface area (TPSA) is 9.23 Å². The summed E-state index contributed by atoms with van der Waals surface area (Å²) in [6, 6.07) is 4.72. The Morgan fingerprint density at radius 3 is 2.65 bits per heavy atom. The zero-order chi connectivity index (χ0) is 19.1. The fourth-order valence-electron chi connectivity index (χ4n) is 4.88. The van der Waals surface area contributed by atoms with E-state index in [1.807, 2.05) is 0 Å². The molecule has 0 amide bonds. The molecule has 1 aromatic rings. The van der Waals surface area contributed by atoms with Crippen LogP contribution in [0, 0.1) is 5.92 Å². The third-order valence-corrected chi connectivity index (χ3v) is 7.32. The molecule has 26 heavy (non-hydrogen) atoms. The van der Waals surface area contributed by atoms with Gasteiger partial charge >= 0.3 is 0 Å². The average molecular weight is 419 g/mol. The number of unbranched alkanes of at least 4 members (excludes halogenated alkanes) is 2. The Morgan fingerprint density at radius 1 is 1.23 bits per heavy atom. The van der Waals surface area contributed by atoms with E-state index in [0.717, 1.165) is 18.6 Å². The molecular formula is C24H35BrO. The average Bonchev–Trinajstić information content (AvgIpc) is 2.53. The lowest BCUT2D eigenvalue weighted by Gasteiger charge is -2.47. The van der Waals surface area contributed by atoms with Crippen molar-refractivity contribution < 1.29 is 4.74 Å². The van der Waals surface area contributed by atoms with Crippen molar-refractivity contribution in [2.75, 3.05) is 0 Å². The molecule has 0 bridgehead atoms. The fourth-order valence-corrected chi connectivity index (χ4v) is 5.62. The molecule has 0 fully saturated rings. The van der Waals surface area contributed by atoms with Gasteiger partial charge in [0.2, 0.25) is 0 Å². The van der Waals surface area contributed by atoms with Gasteiger partial charge in [-0.3, -0.25) is 0 Å². The van der Waals surface area contributed by atoms with Crippen molar-refractivity contribution in [1.82, 2.24) is 0 Å². The van der Waals surface area contributed by atoms with E-state index < -0.39 is 0 Å². The number of allylic oxidation sites excluding steroid dienone is 2. The fraction of sp³-hybridized carbons (Fsp3) is 0.667. The second kappa shape index (κ2) is 7.34. The van der Waals surface area contributed by atoms with Gasteiger partial charge in [0, 0.05) is 16.0 Å². The van der Waals surface area contributed by atoms with Crippen molar-refractivity contribution >= 4 is 15.9 Å². The highest BCUT2D eigenvalue weighted by Gasteiger charge is 2.45. The summed E-state index contributed by atoms with van der Waals surface area (Å²) >= 11 is 3.93. The van der Waals surface area contributed by atoms with E-state index in [1.165, 1.54) is 46.9 Å². The minimum absolute atomic E-state index is 0.112. The van der Waals surface area contributed by atoms with E-state index in [1.54, 1.807) is 0 Å². The predicted octanol–water partition coefficient (Wildman–Crippen LogP) is 7.92. The van der Waals surface area contributed by atoms with Crippen LogP contribution in [0.4, 0.5) is 0 Å². The highest BCUT2D eigenvalue weighted by atomic mass is 79.9. The van der Waals surface area contributed by atoms with Gasteiger partial charge in [0.15, 0.2) is 0 Å². The first-order valence-electron chi connectivity index (χ1n) is 10.3. The number of halogens is 1. The van der Waals surface area contributed by atoms with Crippen molar-refractivity contribution in [3.63, 3.8) is 0 Å². The van der Waals surface area contributed by atoms with Gasteiger partial charge in [0.25, 0.3) is 0 Å². The van der Waals surface area contributed by atoms with Gasteiger partial charge in [0.1, 0.15) is 11.4 Å². The summed E-state index contributed by atoms with van der Waals surface area (Å²) in [6.45, 7) is 13.8. The van der Waals surface area contributed by atoms with E-state index in [9.17, 15) is 0 Å². The zero-order valence-corrected chi connectivity index (χ0v) is 19.0. The number of ether oxygens (including phenoxy) is 1. The third kappa shape index (κ3) is 3.77. The molecule has 1 aliphatic carbocycles. The number of hydrogen-bond acceptors (Lipinski definition) is 1. The SMILES string of the molecule is CCCCCC(C)(C)c1cc(Br)c2c(c1)OC(C)(C)[C@@H]1CC=C(C)C[C@@H]21. The summed E-state index contributed by atoms with van der Waals surface area (Å²) in [5.74, 6) is 2.22. The van der Waals surface area contributed by atoms with Crippen LogP contribution in [0.5, 0.6) is 5.75 Å². The van der Waals surface area contributed by atoms with Gasteiger partial charge in [-0.1, -0.05) is 67.6 Å². The monoisotopic (exact) mass is 418 g/mol. The van der Waals surface area contributed by atoms with E-state index in [-0.39, 0.29) is 11.0 Å². The molecule has 0 N–H and O–H groups in total. The first-order valence-corrected chi connectivity index (χ1v) is 11.1. The van der Waals surface area contributed by atoms with Crippen molar-refractivity contribution in [2.24, 2.45) is 5.92 Å². The molecule has 1 nitrogen and oxygen atoms in total. The quantitative estimate of drug-likeness (QED) is 0.348. The maximum absolute atomic E-state index is 6.61. The molecule has 0 unspecified atom stereocenters. The standard InChI is InChI=1S/C24H35BrO/c1-7-8-9-12-23(3,4)17-14-20(25)22-18-13-16(2)10-11-19(18)24(5,6)26-21(22)15-17/h10,14-15,18-19H,7-9,11-13H2,1-6H3/t18-,19-/m1/s1. The summed E-state index contributed by atoms with van der Waals surface area (Å²) in [6.07, 6.45) is 9.80. The number of benzene rings is 1. The van der Waals surface area contributed by atoms with Crippen LogP contribution in [0.3, 0.4) is 0 Å². The number of fused-ring (bicyclic) bond motifs is 3. The van der Waals surface area contributed by atoms with Crippen molar-refractivity contribution in [3.05, 3.63) is 39.4 Å². The molecule has 1 heterocycles. The Kier molecular flexibility index (Phi) is 5.64. The zero-order valence-electron chi connectivity index (χ0n) is 17.4. The third-order valence-electron chi connectivity index (χ3n) is 6.66.